The Labute approximate surface area is 132 Å². The van der Waals surface area contributed by atoms with Gasteiger partial charge in [-0.1, -0.05) is 17.7 Å². The molecule has 0 saturated carbocycles. The lowest BCUT2D eigenvalue weighted by molar-refractivity contribution is 0.608. The van der Waals surface area contributed by atoms with E-state index in [1.54, 1.807) is 18.2 Å². The maximum absolute atomic E-state index is 14.0. The molecule has 106 valence electrons. The fourth-order valence-electron chi connectivity index (χ4n) is 1.89. The van der Waals surface area contributed by atoms with Gasteiger partial charge in [-0.2, -0.15) is 4.68 Å². The van der Waals surface area contributed by atoms with Gasteiger partial charge in [-0.05, 0) is 56.7 Å². The minimum absolute atomic E-state index is 0.164. The summed E-state index contributed by atoms with van der Waals surface area (Å²) < 4.78 is 15.9. The van der Waals surface area contributed by atoms with E-state index in [9.17, 15) is 4.39 Å². The van der Waals surface area contributed by atoms with Gasteiger partial charge in [0, 0.05) is 16.3 Å². The van der Waals surface area contributed by atoms with Crippen molar-refractivity contribution in [2.24, 2.45) is 0 Å². The van der Waals surface area contributed by atoms with Crippen LogP contribution in [0.5, 0.6) is 0 Å². The molecule has 0 spiro atoms. The average Bonchev–Trinajstić information content (AvgIpc) is 2.93. The topological polar surface area (TPSA) is 69.6 Å². The van der Waals surface area contributed by atoms with E-state index in [4.69, 9.17) is 17.3 Å². The van der Waals surface area contributed by atoms with Crippen molar-refractivity contribution in [1.82, 2.24) is 20.2 Å². The van der Waals surface area contributed by atoms with E-state index < -0.39 is 5.82 Å². The first-order valence-electron chi connectivity index (χ1n) is 5.86. The minimum atomic E-state index is -0.479. The van der Waals surface area contributed by atoms with Crippen LogP contribution in [0.25, 0.3) is 17.1 Å². The number of nitrogen functional groups attached to an aromatic ring is 1. The number of hydrogen-bond acceptors (Lipinski definition) is 4. The van der Waals surface area contributed by atoms with Gasteiger partial charge >= 0.3 is 0 Å². The predicted octanol–water partition coefficient (Wildman–Crippen LogP) is 3.47. The third-order valence-corrected chi connectivity index (χ3v) is 4.00. The number of rotatable bonds is 2. The van der Waals surface area contributed by atoms with Crippen molar-refractivity contribution in [2.75, 3.05) is 5.73 Å². The van der Waals surface area contributed by atoms with Gasteiger partial charge in [-0.3, -0.25) is 0 Å². The molecule has 0 bridgehead atoms. The summed E-state index contributed by atoms with van der Waals surface area (Å²) in [6.07, 6.45) is 0. The first-order valence-corrected chi connectivity index (χ1v) is 7.03. The molecule has 0 radical (unpaired) electrons. The number of nitrogens with zero attached hydrogens (tertiary/aromatic N) is 4. The molecular formula is C13H8BrClFN5. The van der Waals surface area contributed by atoms with E-state index in [2.05, 4.69) is 31.5 Å². The van der Waals surface area contributed by atoms with Gasteiger partial charge in [0.2, 0.25) is 0 Å². The molecule has 21 heavy (non-hydrogen) atoms. The molecule has 0 aliphatic rings. The van der Waals surface area contributed by atoms with Gasteiger partial charge in [-0.25, -0.2) is 4.39 Å². The van der Waals surface area contributed by atoms with Crippen LogP contribution in [-0.4, -0.2) is 20.2 Å². The van der Waals surface area contributed by atoms with E-state index in [0.717, 1.165) is 0 Å². The molecule has 0 atom stereocenters. The summed E-state index contributed by atoms with van der Waals surface area (Å²) in [7, 11) is 0. The van der Waals surface area contributed by atoms with Gasteiger partial charge < -0.3 is 5.73 Å². The second-order valence-corrected chi connectivity index (χ2v) is 5.45. The van der Waals surface area contributed by atoms with Crippen LogP contribution in [0.15, 0.2) is 40.9 Å². The number of halogens is 3. The van der Waals surface area contributed by atoms with Crippen molar-refractivity contribution >= 4 is 33.2 Å². The van der Waals surface area contributed by atoms with Crippen molar-refractivity contribution in [3.8, 4) is 17.1 Å². The van der Waals surface area contributed by atoms with Gasteiger partial charge in [-0.15, -0.1) is 5.10 Å². The SMILES string of the molecule is Nc1cccc(-c2nnnn2-c2cc(Cl)ccc2F)c1Br. The molecule has 0 amide bonds. The fraction of sp³-hybridized carbons (Fsp3) is 0. The molecule has 0 unspecified atom stereocenters. The second-order valence-electron chi connectivity index (χ2n) is 4.22. The van der Waals surface area contributed by atoms with E-state index in [-0.39, 0.29) is 5.69 Å². The molecule has 5 nitrogen and oxygen atoms in total. The largest absolute Gasteiger partial charge is 0.398 e. The van der Waals surface area contributed by atoms with Crippen LogP contribution in [0.1, 0.15) is 0 Å². The van der Waals surface area contributed by atoms with Gasteiger partial charge in [0.1, 0.15) is 11.5 Å². The van der Waals surface area contributed by atoms with Crippen LogP contribution in [0.3, 0.4) is 0 Å². The fourth-order valence-corrected chi connectivity index (χ4v) is 2.50. The van der Waals surface area contributed by atoms with E-state index in [0.29, 0.717) is 26.6 Å². The predicted molar refractivity (Wildman–Crippen MR) is 81.7 cm³/mol. The quantitative estimate of drug-likeness (QED) is 0.703. The minimum Gasteiger partial charge on any atom is -0.398 e. The van der Waals surface area contributed by atoms with Crippen molar-refractivity contribution in [3.63, 3.8) is 0 Å². The first kappa shape index (κ1) is 14.0. The monoisotopic (exact) mass is 367 g/mol. The smallest absolute Gasteiger partial charge is 0.188 e. The Bertz CT molecular complexity index is 804. The molecule has 0 fully saturated rings. The highest BCUT2D eigenvalue weighted by Crippen LogP contribution is 2.32. The number of benzene rings is 2. The zero-order valence-corrected chi connectivity index (χ0v) is 12.8. The van der Waals surface area contributed by atoms with E-state index in [1.165, 1.54) is 22.9 Å². The Kier molecular flexibility index (Phi) is 3.60. The lowest BCUT2D eigenvalue weighted by atomic mass is 10.2. The lowest BCUT2D eigenvalue weighted by Gasteiger charge is -2.08. The number of nitrogens with two attached hydrogens (primary N) is 1. The van der Waals surface area contributed by atoms with Crippen LogP contribution in [0.4, 0.5) is 10.1 Å². The standard InChI is InChI=1S/C13H8BrClFN5/c14-12-8(2-1-3-10(12)17)13-18-19-20-21(13)11-6-7(15)4-5-9(11)16/h1-6H,17H2. The van der Waals surface area contributed by atoms with Gasteiger partial charge in [0.25, 0.3) is 0 Å². The molecule has 3 rings (SSSR count). The molecule has 2 aromatic carbocycles. The molecule has 0 saturated heterocycles. The van der Waals surface area contributed by atoms with Crippen LogP contribution < -0.4 is 5.73 Å². The first-order chi connectivity index (χ1) is 10.1. The van der Waals surface area contributed by atoms with Crippen LogP contribution >= 0.6 is 27.5 Å². The number of hydrogen-bond donors (Lipinski definition) is 1. The maximum atomic E-state index is 14.0. The molecule has 0 aliphatic carbocycles. The van der Waals surface area contributed by atoms with Crippen LogP contribution in [-0.2, 0) is 0 Å². The van der Waals surface area contributed by atoms with Crippen molar-refractivity contribution in [3.05, 3.63) is 51.7 Å². The zero-order chi connectivity index (χ0) is 15.0. The van der Waals surface area contributed by atoms with E-state index in [1.807, 2.05) is 0 Å². The Morgan fingerprint density at radius 3 is 2.86 bits per heavy atom. The zero-order valence-electron chi connectivity index (χ0n) is 10.5. The molecule has 0 aliphatic heterocycles. The summed E-state index contributed by atoms with van der Waals surface area (Å²) in [5.74, 6) is -0.122. The third-order valence-electron chi connectivity index (χ3n) is 2.88. The summed E-state index contributed by atoms with van der Waals surface area (Å²) in [5, 5.41) is 11.8. The molecule has 8 heteroatoms. The molecule has 1 heterocycles. The average molecular weight is 369 g/mol. The Balaban J connectivity index is 2.22. The number of tetrazole rings is 1. The molecule has 2 N–H and O–H groups in total. The summed E-state index contributed by atoms with van der Waals surface area (Å²) >= 11 is 9.30. The van der Waals surface area contributed by atoms with Gasteiger partial charge in [0.15, 0.2) is 5.82 Å². The Hall–Kier alpha value is -1.99. The van der Waals surface area contributed by atoms with Gasteiger partial charge in [0.05, 0.1) is 4.47 Å². The maximum Gasteiger partial charge on any atom is 0.188 e. The van der Waals surface area contributed by atoms with Crippen molar-refractivity contribution in [2.45, 2.75) is 0 Å². The van der Waals surface area contributed by atoms with Crippen LogP contribution in [0.2, 0.25) is 5.02 Å². The summed E-state index contributed by atoms with van der Waals surface area (Å²) in [4.78, 5) is 0. The highest BCUT2D eigenvalue weighted by atomic mass is 79.9. The molecule has 1 aromatic heterocycles. The summed E-state index contributed by atoms with van der Waals surface area (Å²) in [5.41, 5.74) is 7.20. The second kappa shape index (κ2) is 5.42. The number of anilines is 1. The Morgan fingerprint density at radius 1 is 1.24 bits per heavy atom. The van der Waals surface area contributed by atoms with Crippen molar-refractivity contribution in [1.29, 1.82) is 0 Å². The Morgan fingerprint density at radius 2 is 2.05 bits per heavy atom. The normalized spacial score (nSPS) is 10.8. The van der Waals surface area contributed by atoms with Crippen LogP contribution in [0, 0.1) is 5.82 Å². The summed E-state index contributed by atoms with van der Waals surface area (Å²) in [6.45, 7) is 0. The summed E-state index contributed by atoms with van der Waals surface area (Å²) in [6, 6.07) is 9.46. The number of aromatic nitrogens is 4. The lowest BCUT2D eigenvalue weighted by Crippen LogP contribution is -2.03. The highest BCUT2D eigenvalue weighted by molar-refractivity contribution is 9.10. The van der Waals surface area contributed by atoms with Crippen molar-refractivity contribution < 1.29 is 4.39 Å². The third kappa shape index (κ3) is 2.50. The molecule has 3 aromatic rings. The van der Waals surface area contributed by atoms with E-state index >= 15 is 0 Å². The molecular weight excluding hydrogens is 361 g/mol. The highest BCUT2D eigenvalue weighted by Gasteiger charge is 2.17.